The SMILES string of the molecule is COc1cc2c(Nc3ccc(C)c(Cl)c3)ncnc2cc1OC[C@H]1CNC(C)[C@H](C)O1. The lowest BCUT2D eigenvalue weighted by molar-refractivity contribution is -0.0663. The molecular formula is C23H27ClN4O3. The molecule has 31 heavy (non-hydrogen) atoms. The molecule has 1 aromatic heterocycles. The number of fused-ring (bicyclic) bond motifs is 1. The van der Waals surface area contributed by atoms with E-state index in [0.717, 1.165) is 28.7 Å². The minimum Gasteiger partial charge on any atom is -0.493 e. The van der Waals surface area contributed by atoms with Crippen molar-refractivity contribution in [1.82, 2.24) is 15.3 Å². The number of halogens is 1. The first-order chi connectivity index (χ1) is 14.9. The number of nitrogens with zero attached hydrogens (tertiary/aromatic N) is 2. The van der Waals surface area contributed by atoms with Crippen molar-refractivity contribution in [1.29, 1.82) is 0 Å². The first kappa shape index (κ1) is 21.6. The molecule has 8 heteroatoms. The number of aryl methyl sites for hydroxylation is 1. The molecule has 164 valence electrons. The van der Waals surface area contributed by atoms with Crippen molar-refractivity contribution in [2.75, 3.05) is 25.6 Å². The Labute approximate surface area is 187 Å². The van der Waals surface area contributed by atoms with Crippen molar-refractivity contribution in [3.05, 3.63) is 47.2 Å². The van der Waals surface area contributed by atoms with Crippen LogP contribution in [0.1, 0.15) is 19.4 Å². The van der Waals surface area contributed by atoms with E-state index in [1.807, 2.05) is 37.3 Å². The molecule has 0 aliphatic carbocycles. The Morgan fingerprint density at radius 1 is 1.19 bits per heavy atom. The number of aromatic nitrogens is 2. The van der Waals surface area contributed by atoms with Gasteiger partial charge in [0.1, 0.15) is 24.9 Å². The van der Waals surface area contributed by atoms with Crippen LogP contribution in [0.3, 0.4) is 0 Å². The number of hydrogen-bond acceptors (Lipinski definition) is 7. The molecule has 3 atom stereocenters. The van der Waals surface area contributed by atoms with Crippen molar-refractivity contribution < 1.29 is 14.2 Å². The third kappa shape index (κ3) is 4.84. The summed E-state index contributed by atoms with van der Waals surface area (Å²) in [7, 11) is 1.62. The Kier molecular flexibility index (Phi) is 6.46. The van der Waals surface area contributed by atoms with Crippen molar-refractivity contribution in [3.63, 3.8) is 0 Å². The molecule has 1 unspecified atom stereocenters. The summed E-state index contributed by atoms with van der Waals surface area (Å²) in [5, 5.41) is 8.27. The van der Waals surface area contributed by atoms with Crippen LogP contribution in [0.25, 0.3) is 10.9 Å². The number of morpholine rings is 1. The van der Waals surface area contributed by atoms with Crippen molar-refractivity contribution in [2.45, 2.75) is 39.0 Å². The molecule has 0 bridgehead atoms. The van der Waals surface area contributed by atoms with Gasteiger partial charge < -0.3 is 24.8 Å². The Bertz CT molecular complexity index is 1080. The van der Waals surface area contributed by atoms with Gasteiger partial charge >= 0.3 is 0 Å². The van der Waals surface area contributed by atoms with Crippen LogP contribution in [0, 0.1) is 6.92 Å². The van der Waals surface area contributed by atoms with Gasteiger partial charge in [0.25, 0.3) is 0 Å². The van der Waals surface area contributed by atoms with E-state index >= 15 is 0 Å². The molecule has 0 saturated carbocycles. The molecule has 0 amide bonds. The van der Waals surface area contributed by atoms with Crippen LogP contribution in [0.2, 0.25) is 5.02 Å². The molecule has 7 nitrogen and oxygen atoms in total. The maximum absolute atomic E-state index is 6.26. The Balaban J connectivity index is 1.57. The largest absolute Gasteiger partial charge is 0.493 e. The second-order valence-electron chi connectivity index (χ2n) is 7.80. The van der Waals surface area contributed by atoms with Crippen LogP contribution in [-0.2, 0) is 4.74 Å². The standard InChI is InChI=1S/C23H27ClN4O3/c1-13-5-6-16(7-19(13)24)28-23-18-8-21(29-4)22(9-20(18)26-12-27-23)30-11-17-10-25-14(2)15(3)31-17/h5-9,12,14-15,17,25H,10-11H2,1-4H3,(H,26,27,28)/t14?,15-,17+/m0/s1. The quantitative estimate of drug-likeness (QED) is 0.582. The predicted molar refractivity (Wildman–Crippen MR) is 123 cm³/mol. The average Bonchev–Trinajstić information content (AvgIpc) is 2.76. The van der Waals surface area contributed by atoms with E-state index in [4.69, 9.17) is 25.8 Å². The molecule has 0 spiro atoms. The lowest BCUT2D eigenvalue weighted by atomic mass is 10.1. The first-order valence-electron chi connectivity index (χ1n) is 10.3. The van der Waals surface area contributed by atoms with Gasteiger partial charge in [0.05, 0.1) is 18.7 Å². The van der Waals surface area contributed by atoms with Gasteiger partial charge in [0.2, 0.25) is 0 Å². The minimum absolute atomic E-state index is 0.0273. The maximum atomic E-state index is 6.26. The average molecular weight is 443 g/mol. The molecule has 0 radical (unpaired) electrons. The third-order valence-corrected chi connectivity index (χ3v) is 5.97. The molecule has 1 aliphatic rings. The zero-order valence-corrected chi connectivity index (χ0v) is 18.9. The highest BCUT2D eigenvalue weighted by Gasteiger charge is 2.25. The van der Waals surface area contributed by atoms with E-state index in [2.05, 4.69) is 34.4 Å². The molecule has 2 aromatic carbocycles. The second-order valence-corrected chi connectivity index (χ2v) is 8.21. The zero-order valence-electron chi connectivity index (χ0n) is 18.1. The summed E-state index contributed by atoms with van der Waals surface area (Å²) in [6, 6.07) is 9.88. The highest BCUT2D eigenvalue weighted by molar-refractivity contribution is 6.31. The first-order valence-corrected chi connectivity index (χ1v) is 10.7. The highest BCUT2D eigenvalue weighted by atomic mass is 35.5. The van der Waals surface area contributed by atoms with Crippen LogP contribution in [0.15, 0.2) is 36.7 Å². The fraction of sp³-hybridized carbons (Fsp3) is 0.391. The number of anilines is 2. The lowest BCUT2D eigenvalue weighted by Crippen LogP contribution is -2.51. The molecular weight excluding hydrogens is 416 g/mol. The van der Waals surface area contributed by atoms with Gasteiger partial charge in [-0.3, -0.25) is 0 Å². The van der Waals surface area contributed by atoms with Gasteiger partial charge in [-0.2, -0.15) is 0 Å². The number of hydrogen-bond donors (Lipinski definition) is 2. The summed E-state index contributed by atoms with van der Waals surface area (Å²) in [6.45, 7) is 7.31. The monoisotopic (exact) mass is 442 g/mol. The van der Waals surface area contributed by atoms with Gasteiger partial charge in [-0.05, 0) is 44.5 Å². The third-order valence-electron chi connectivity index (χ3n) is 5.56. The van der Waals surface area contributed by atoms with Crippen LogP contribution >= 0.6 is 11.6 Å². The normalized spacial score (nSPS) is 21.1. The van der Waals surface area contributed by atoms with Crippen LogP contribution < -0.4 is 20.1 Å². The summed E-state index contributed by atoms with van der Waals surface area (Å²) in [4.78, 5) is 8.82. The van der Waals surface area contributed by atoms with Gasteiger partial charge in [-0.1, -0.05) is 17.7 Å². The van der Waals surface area contributed by atoms with Gasteiger partial charge in [-0.15, -0.1) is 0 Å². The molecule has 4 rings (SSSR count). The molecule has 3 aromatic rings. The Morgan fingerprint density at radius 2 is 2.03 bits per heavy atom. The highest BCUT2D eigenvalue weighted by Crippen LogP contribution is 2.35. The Hall–Kier alpha value is -2.61. The molecule has 2 heterocycles. The van der Waals surface area contributed by atoms with Crippen molar-refractivity contribution in [2.24, 2.45) is 0 Å². The molecule has 1 fully saturated rings. The van der Waals surface area contributed by atoms with Crippen molar-refractivity contribution >= 4 is 34.0 Å². The summed E-state index contributed by atoms with van der Waals surface area (Å²) < 4.78 is 17.7. The molecule has 1 aliphatic heterocycles. The number of rotatable bonds is 6. The number of ether oxygens (including phenoxy) is 3. The maximum Gasteiger partial charge on any atom is 0.163 e. The van der Waals surface area contributed by atoms with Gasteiger partial charge in [0.15, 0.2) is 11.5 Å². The number of nitrogens with one attached hydrogen (secondary N) is 2. The minimum atomic E-state index is -0.0273. The second kappa shape index (κ2) is 9.26. The van der Waals surface area contributed by atoms with Crippen molar-refractivity contribution in [3.8, 4) is 11.5 Å². The summed E-state index contributed by atoms with van der Waals surface area (Å²) in [5.41, 5.74) is 2.61. The fourth-order valence-electron chi connectivity index (χ4n) is 3.48. The van der Waals surface area contributed by atoms with E-state index in [1.54, 1.807) is 7.11 Å². The van der Waals surface area contributed by atoms with Gasteiger partial charge in [0, 0.05) is 34.7 Å². The topological polar surface area (TPSA) is 77.5 Å². The van der Waals surface area contributed by atoms with E-state index in [1.165, 1.54) is 6.33 Å². The van der Waals surface area contributed by atoms with E-state index < -0.39 is 0 Å². The summed E-state index contributed by atoms with van der Waals surface area (Å²) in [5.74, 6) is 1.89. The fourth-order valence-corrected chi connectivity index (χ4v) is 3.66. The van der Waals surface area contributed by atoms with E-state index in [9.17, 15) is 0 Å². The molecule has 1 saturated heterocycles. The molecule has 2 N–H and O–H groups in total. The van der Waals surface area contributed by atoms with E-state index in [0.29, 0.717) is 35.0 Å². The van der Waals surface area contributed by atoms with Crippen LogP contribution in [0.5, 0.6) is 11.5 Å². The summed E-state index contributed by atoms with van der Waals surface area (Å²) >= 11 is 6.26. The smallest absolute Gasteiger partial charge is 0.163 e. The summed E-state index contributed by atoms with van der Waals surface area (Å²) in [6.07, 6.45) is 1.63. The van der Waals surface area contributed by atoms with Gasteiger partial charge in [-0.25, -0.2) is 9.97 Å². The number of benzene rings is 2. The van der Waals surface area contributed by atoms with Crippen LogP contribution in [0.4, 0.5) is 11.5 Å². The Morgan fingerprint density at radius 3 is 2.77 bits per heavy atom. The number of methoxy groups -OCH3 is 1. The van der Waals surface area contributed by atoms with Crippen LogP contribution in [-0.4, -0.2) is 48.5 Å². The predicted octanol–water partition coefficient (Wildman–Crippen LogP) is 4.49. The zero-order chi connectivity index (χ0) is 22.0. The lowest BCUT2D eigenvalue weighted by Gasteiger charge is -2.33. The van der Waals surface area contributed by atoms with E-state index in [-0.39, 0.29) is 12.2 Å².